The standard InChI is InChI=1S/C45H26N2O/c1-2-13-27(14-3-1)42-31-18-7-11-23-38(31)46-44(47-42)33-19-12-24-39-40(33)32-25-26-37-41(43(32)48-39)30-17-6-10-22-36(30)45(37)34-20-8-4-15-28(34)29-16-5-9-21-35(29)45/h1-26H. The highest BCUT2D eigenvalue weighted by Gasteiger charge is 2.52. The van der Waals surface area contributed by atoms with Crippen molar-refractivity contribution in [3.63, 3.8) is 0 Å². The molecule has 7 aromatic carbocycles. The van der Waals surface area contributed by atoms with Crippen LogP contribution in [0.1, 0.15) is 22.3 Å². The third kappa shape index (κ3) is 3.18. The van der Waals surface area contributed by atoms with Gasteiger partial charge in [-0.25, -0.2) is 9.97 Å². The first-order chi connectivity index (χ1) is 23.8. The third-order valence-electron chi connectivity index (χ3n) is 10.5. The molecule has 1 spiro atoms. The van der Waals surface area contributed by atoms with Crippen LogP contribution in [0.25, 0.3) is 77.7 Å². The summed E-state index contributed by atoms with van der Waals surface area (Å²) in [6, 6.07) is 56.2. The summed E-state index contributed by atoms with van der Waals surface area (Å²) in [5.41, 5.74) is 15.4. The summed E-state index contributed by atoms with van der Waals surface area (Å²) < 4.78 is 6.94. The summed E-state index contributed by atoms with van der Waals surface area (Å²) >= 11 is 0. The quantitative estimate of drug-likeness (QED) is 0.195. The van der Waals surface area contributed by atoms with E-state index in [1.54, 1.807) is 0 Å². The molecule has 2 aliphatic rings. The molecule has 2 aromatic heterocycles. The molecule has 48 heavy (non-hydrogen) atoms. The van der Waals surface area contributed by atoms with Crippen molar-refractivity contribution in [1.29, 1.82) is 0 Å². The van der Waals surface area contributed by atoms with Crippen LogP contribution in [-0.2, 0) is 5.41 Å². The Bertz CT molecular complexity index is 2750. The highest BCUT2D eigenvalue weighted by molar-refractivity contribution is 6.17. The number of aromatic nitrogens is 2. The zero-order valence-electron chi connectivity index (χ0n) is 25.8. The van der Waals surface area contributed by atoms with Crippen LogP contribution in [0, 0.1) is 0 Å². The molecule has 3 nitrogen and oxygen atoms in total. The van der Waals surface area contributed by atoms with Crippen molar-refractivity contribution >= 4 is 32.8 Å². The van der Waals surface area contributed by atoms with Gasteiger partial charge >= 0.3 is 0 Å². The molecule has 0 N–H and O–H groups in total. The summed E-state index contributed by atoms with van der Waals surface area (Å²) in [6.07, 6.45) is 0. The first kappa shape index (κ1) is 25.8. The molecule has 0 saturated heterocycles. The molecule has 0 amide bonds. The van der Waals surface area contributed by atoms with E-state index in [-0.39, 0.29) is 0 Å². The summed E-state index contributed by atoms with van der Waals surface area (Å²) in [7, 11) is 0. The summed E-state index contributed by atoms with van der Waals surface area (Å²) in [5, 5.41) is 3.15. The number of benzene rings is 7. The van der Waals surface area contributed by atoms with Crippen molar-refractivity contribution in [3.05, 3.63) is 180 Å². The van der Waals surface area contributed by atoms with Gasteiger partial charge in [0, 0.05) is 32.8 Å². The lowest BCUT2D eigenvalue weighted by Crippen LogP contribution is -2.25. The summed E-state index contributed by atoms with van der Waals surface area (Å²) in [6.45, 7) is 0. The number of rotatable bonds is 2. The molecule has 0 radical (unpaired) electrons. The van der Waals surface area contributed by atoms with Crippen molar-refractivity contribution in [3.8, 4) is 44.9 Å². The first-order valence-electron chi connectivity index (χ1n) is 16.4. The Balaban J connectivity index is 1.22. The molecular weight excluding hydrogens is 585 g/mol. The molecule has 0 aliphatic heterocycles. The van der Waals surface area contributed by atoms with Crippen molar-refractivity contribution in [2.45, 2.75) is 5.41 Å². The Labute approximate surface area is 276 Å². The van der Waals surface area contributed by atoms with Gasteiger partial charge in [0.05, 0.1) is 16.6 Å². The van der Waals surface area contributed by atoms with E-state index in [4.69, 9.17) is 14.4 Å². The van der Waals surface area contributed by atoms with Gasteiger partial charge in [-0.05, 0) is 51.1 Å². The average Bonchev–Trinajstić information content (AvgIpc) is 3.79. The number of furan rings is 1. The summed E-state index contributed by atoms with van der Waals surface area (Å²) in [4.78, 5) is 10.4. The second-order valence-electron chi connectivity index (χ2n) is 12.8. The fraction of sp³-hybridized carbons (Fsp3) is 0.0222. The molecule has 0 saturated carbocycles. The van der Waals surface area contributed by atoms with Gasteiger partial charge in [-0.15, -0.1) is 0 Å². The highest BCUT2D eigenvalue weighted by atomic mass is 16.3. The topological polar surface area (TPSA) is 38.9 Å². The minimum Gasteiger partial charge on any atom is -0.455 e. The largest absolute Gasteiger partial charge is 0.455 e. The van der Waals surface area contributed by atoms with Gasteiger partial charge in [0.1, 0.15) is 11.2 Å². The molecule has 2 heterocycles. The van der Waals surface area contributed by atoms with Gasteiger partial charge in [0.2, 0.25) is 0 Å². The van der Waals surface area contributed by atoms with Gasteiger partial charge in [-0.3, -0.25) is 0 Å². The normalized spacial score (nSPS) is 13.6. The predicted octanol–water partition coefficient (Wildman–Crippen LogP) is 11.2. The van der Waals surface area contributed by atoms with E-state index >= 15 is 0 Å². The highest BCUT2D eigenvalue weighted by Crippen LogP contribution is 2.64. The van der Waals surface area contributed by atoms with Crippen LogP contribution in [0.3, 0.4) is 0 Å². The Kier molecular flexibility index (Phi) is 5.04. The lowest BCUT2D eigenvalue weighted by Gasteiger charge is -2.30. The van der Waals surface area contributed by atoms with E-state index in [2.05, 4.69) is 146 Å². The number of fused-ring (bicyclic) bond motifs is 15. The van der Waals surface area contributed by atoms with E-state index in [0.29, 0.717) is 5.82 Å². The number of hydrogen-bond donors (Lipinski definition) is 0. The van der Waals surface area contributed by atoms with Crippen LogP contribution >= 0.6 is 0 Å². The van der Waals surface area contributed by atoms with Crippen LogP contribution in [-0.4, -0.2) is 9.97 Å². The van der Waals surface area contributed by atoms with E-state index in [9.17, 15) is 0 Å². The minimum absolute atomic E-state index is 0.416. The van der Waals surface area contributed by atoms with Crippen molar-refractivity contribution < 1.29 is 4.42 Å². The Morgan fingerprint density at radius 1 is 0.438 bits per heavy atom. The number of para-hydroxylation sites is 1. The first-order valence-corrected chi connectivity index (χ1v) is 16.4. The maximum absolute atomic E-state index is 6.94. The van der Waals surface area contributed by atoms with Gasteiger partial charge in [-0.2, -0.15) is 0 Å². The molecule has 0 bridgehead atoms. The van der Waals surface area contributed by atoms with Crippen molar-refractivity contribution in [2.24, 2.45) is 0 Å². The molecule has 0 unspecified atom stereocenters. The van der Waals surface area contributed by atoms with Crippen LogP contribution in [0.5, 0.6) is 0 Å². The zero-order valence-corrected chi connectivity index (χ0v) is 25.8. The molecule has 0 atom stereocenters. The zero-order chi connectivity index (χ0) is 31.4. The van der Waals surface area contributed by atoms with Crippen LogP contribution < -0.4 is 0 Å². The lowest BCUT2D eigenvalue weighted by atomic mass is 9.70. The summed E-state index contributed by atoms with van der Waals surface area (Å²) in [5.74, 6) is 0.692. The van der Waals surface area contributed by atoms with E-state index in [0.717, 1.165) is 49.7 Å². The van der Waals surface area contributed by atoms with E-state index in [1.165, 1.54) is 44.5 Å². The molecule has 222 valence electrons. The van der Waals surface area contributed by atoms with E-state index < -0.39 is 5.41 Å². The Morgan fingerprint density at radius 2 is 1.06 bits per heavy atom. The van der Waals surface area contributed by atoms with Gasteiger partial charge < -0.3 is 4.42 Å². The maximum Gasteiger partial charge on any atom is 0.161 e. The molecule has 11 rings (SSSR count). The third-order valence-corrected chi connectivity index (χ3v) is 10.5. The fourth-order valence-electron chi connectivity index (χ4n) is 8.66. The molecule has 9 aromatic rings. The molecule has 3 heteroatoms. The molecule has 0 fully saturated rings. The van der Waals surface area contributed by atoms with Crippen LogP contribution in [0.4, 0.5) is 0 Å². The Hall–Kier alpha value is -6.32. The van der Waals surface area contributed by atoms with E-state index in [1.807, 2.05) is 12.1 Å². The second kappa shape index (κ2) is 9.37. The minimum atomic E-state index is -0.416. The monoisotopic (exact) mass is 610 g/mol. The van der Waals surface area contributed by atoms with Gasteiger partial charge in [-0.1, -0.05) is 146 Å². The van der Waals surface area contributed by atoms with Gasteiger partial charge in [0.25, 0.3) is 0 Å². The second-order valence-corrected chi connectivity index (χ2v) is 12.8. The predicted molar refractivity (Wildman–Crippen MR) is 194 cm³/mol. The Morgan fingerprint density at radius 3 is 1.83 bits per heavy atom. The molecule has 2 aliphatic carbocycles. The van der Waals surface area contributed by atoms with Crippen LogP contribution in [0.2, 0.25) is 0 Å². The van der Waals surface area contributed by atoms with Crippen LogP contribution in [0.15, 0.2) is 162 Å². The maximum atomic E-state index is 6.94. The lowest BCUT2D eigenvalue weighted by molar-refractivity contribution is 0.669. The molecular formula is C45H26N2O. The van der Waals surface area contributed by atoms with Crippen molar-refractivity contribution in [1.82, 2.24) is 9.97 Å². The van der Waals surface area contributed by atoms with Gasteiger partial charge in [0.15, 0.2) is 5.82 Å². The SMILES string of the molecule is c1ccc(-c2nc(-c3cccc4oc5c6c(ccc5c34)C3(c4ccccc4-c4ccccc43)c3ccccc3-6)nc3ccccc23)cc1. The number of nitrogens with zero attached hydrogens (tertiary/aromatic N) is 2. The van der Waals surface area contributed by atoms with Crippen molar-refractivity contribution in [2.75, 3.05) is 0 Å². The fourth-order valence-corrected chi connectivity index (χ4v) is 8.66. The number of hydrogen-bond acceptors (Lipinski definition) is 3. The average molecular weight is 611 g/mol. The smallest absolute Gasteiger partial charge is 0.161 e.